The molecule has 158 valence electrons. The molecule has 0 N–H and O–H groups in total. The number of carbonyl (C=O) groups is 1. The average Bonchev–Trinajstić information content (AvgIpc) is 3.24. The van der Waals surface area contributed by atoms with Gasteiger partial charge in [0.2, 0.25) is 11.1 Å². The Labute approximate surface area is 180 Å². The Bertz CT molecular complexity index is 991. The topological polar surface area (TPSA) is 82.4 Å². The smallest absolute Gasteiger partial charge is 0.233 e. The van der Waals surface area contributed by atoms with Crippen LogP contribution in [0.1, 0.15) is 18.1 Å². The second-order valence-electron chi connectivity index (χ2n) is 6.59. The molecular weight excluding hydrogens is 402 g/mol. The lowest BCUT2D eigenvalue weighted by Gasteiger charge is -2.21. The molecule has 0 saturated heterocycles. The third kappa shape index (κ3) is 5.10. The van der Waals surface area contributed by atoms with Crippen molar-refractivity contribution in [2.75, 3.05) is 26.5 Å². The highest BCUT2D eigenvalue weighted by Crippen LogP contribution is 2.28. The van der Waals surface area contributed by atoms with Gasteiger partial charge in [-0.25, -0.2) is 0 Å². The summed E-state index contributed by atoms with van der Waals surface area (Å²) in [5.74, 6) is 1.56. The maximum absolute atomic E-state index is 12.8. The zero-order chi connectivity index (χ0) is 21.5. The second kappa shape index (κ2) is 10.1. The number of benzene rings is 2. The Morgan fingerprint density at radius 2 is 1.83 bits per heavy atom. The zero-order valence-corrected chi connectivity index (χ0v) is 18.3. The first-order chi connectivity index (χ1) is 14.5. The fraction of sp³-hybridized carbons (Fsp3) is 0.333. The summed E-state index contributed by atoms with van der Waals surface area (Å²) in [4.78, 5) is 14.6. The van der Waals surface area contributed by atoms with E-state index in [9.17, 15) is 4.79 Å². The van der Waals surface area contributed by atoms with E-state index in [1.165, 1.54) is 11.8 Å². The van der Waals surface area contributed by atoms with Crippen molar-refractivity contribution in [3.05, 3.63) is 53.6 Å². The van der Waals surface area contributed by atoms with E-state index in [0.717, 1.165) is 16.8 Å². The van der Waals surface area contributed by atoms with E-state index in [2.05, 4.69) is 15.5 Å². The quantitative estimate of drug-likeness (QED) is 0.485. The van der Waals surface area contributed by atoms with Gasteiger partial charge in [0.15, 0.2) is 11.5 Å². The van der Waals surface area contributed by atoms with Crippen molar-refractivity contribution in [3.63, 3.8) is 0 Å². The summed E-state index contributed by atoms with van der Waals surface area (Å²) in [6.45, 7) is 5.06. The van der Waals surface area contributed by atoms with Gasteiger partial charge < -0.3 is 14.4 Å². The lowest BCUT2D eigenvalue weighted by molar-refractivity contribution is -0.128. The van der Waals surface area contributed by atoms with E-state index >= 15 is 0 Å². The Morgan fingerprint density at radius 3 is 2.50 bits per heavy atom. The third-order valence-corrected chi connectivity index (χ3v) is 5.50. The Morgan fingerprint density at radius 1 is 1.10 bits per heavy atom. The minimum absolute atomic E-state index is 0.00995. The summed E-state index contributed by atoms with van der Waals surface area (Å²) in [5.41, 5.74) is 2.99. The molecule has 0 bridgehead atoms. The van der Waals surface area contributed by atoms with E-state index < -0.39 is 0 Å². The Kier molecular flexibility index (Phi) is 7.29. The van der Waals surface area contributed by atoms with Crippen LogP contribution in [0.3, 0.4) is 0 Å². The van der Waals surface area contributed by atoms with Crippen LogP contribution in [0.25, 0.3) is 5.69 Å². The largest absolute Gasteiger partial charge is 0.493 e. The average molecular weight is 428 g/mol. The third-order valence-electron chi connectivity index (χ3n) is 4.60. The first kappa shape index (κ1) is 21.6. The van der Waals surface area contributed by atoms with Gasteiger partial charge in [0.25, 0.3) is 0 Å². The normalized spacial score (nSPS) is 10.7. The van der Waals surface area contributed by atoms with Gasteiger partial charge in [-0.2, -0.15) is 4.68 Å². The first-order valence-corrected chi connectivity index (χ1v) is 10.5. The summed E-state index contributed by atoms with van der Waals surface area (Å²) >= 11 is 1.32. The molecule has 8 nitrogen and oxygen atoms in total. The number of hydrogen-bond donors (Lipinski definition) is 0. The van der Waals surface area contributed by atoms with Gasteiger partial charge >= 0.3 is 0 Å². The first-order valence-electron chi connectivity index (χ1n) is 9.52. The van der Waals surface area contributed by atoms with Crippen LogP contribution in [0.2, 0.25) is 0 Å². The number of rotatable bonds is 9. The van der Waals surface area contributed by atoms with Crippen LogP contribution in [0.15, 0.2) is 47.6 Å². The van der Waals surface area contributed by atoms with Gasteiger partial charge in [0.1, 0.15) is 0 Å². The van der Waals surface area contributed by atoms with E-state index in [1.54, 1.807) is 23.8 Å². The highest BCUT2D eigenvalue weighted by Gasteiger charge is 2.17. The van der Waals surface area contributed by atoms with E-state index in [-0.39, 0.29) is 11.7 Å². The van der Waals surface area contributed by atoms with Crippen molar-refractivity contribution in [3.8, 4) is 17.2 Å². The predicted octanol–water partition coefficient (Wildman–Crippen LogP) is 3.13. The van der Waals surface area contributed by atoms with Crippen molar-refractivity contribution >= 4 is 17.7 Å². The molecule has 1 aromatic heterocycles. The molecule has 1 heterocycles. The number of amides is 1. The standard InChI is InChI=1S/C21H25N5O3S/c1-5-25(13-16-8-11-18(28-3)19(12-16)29-4)20(27)14-30-21-22-23-24-26(21)17-9-6-15(2)7-10-17/h6-12H,5,13-14H2,1-4H3. The molecule has 1 amide bonds. The van der Waals surface area contributed by atoms with Crippen molar-refractivity contribution in [1.82, 2.24) is 25.1 Å². The maximum Gasteiger partial charge on any atom is 0.233 e. The number of hydrogen-bond acceptors (Lipinski definition) is 7. The molecule has 0 unspecified atom stereocenters. The SMILES string of the molecule is CCN(Cc1ccc(OC)c(OC)c1)C(=O)CSc1nnnn1-c1ccc(C)cc1. The number of ether oxygens (including phenoxy) is 2. The van der Waals surface area contributed by atoms with Crippen LogP contribution < -0.4 is 9.47 Å². The molecule has 0 aliphatic heterocycles. The molecule has 0 fully saturated rings. The van der Waals surface area contributed by atoms with E-state index in [4.69, 9.17) is 9.47 Å². The fourth-order valence-corrected chi connectivity index (χ4v) is 3.70. The summed E-state index contributed by atoms with van der Waals surface area (Å²) in [6, 6.07) is 13.6. The van der Waals surface area contributed by atoms with E-state index in [0.29, 0.717) is 29.7 Å². The maximum atomic E-state index is 12.8. The zero-order valence-electron chi connectivity index (χ0n) is 17.5. The predicted molar refractivity (Wildman–Crippen MR) is 115 cm³/mol. The van der Waals surface area contributed by atoms with Crippen LogP contribution in [-0.2, 0) is 11.3 Å². The number of aromatic nitrogens is 4. The van der Waals surface area contributed by atoms with Gasteiger partial charge in [0.05, 0.1) is 25.7 Å². The molecule has 0 spiro atoms. The molecule has 0 radical (unpaired) electrons. The molecule has 3 aromatic rings. The van der Waals surface area contributed by atoms with Crippen molar-refractivity contribution < 1.29 is 14.3 Å². The number of thioether (sulfide) groups is 1. The summed E-state index contributed by atoms with van der Waals surface area (Å²) in [7, 11) is 3.19. The van der Waals surface area contributed by atoms with Crippen LogP contribution >= 0.6 is 11.8 Å². The number of nitrogens with zero attached hydrogens (tertiary/aromatic N) is 5. The molecule has 0 saturated carbocycles. The molecular formula is C21H25N5O3S. The molecule has 3 rings (SSSR count). The van der Waals surface area contributed by atoms with Crippen molar-refractivity contribution in [2.45, 2.75) is 25.5 Å². The number of aryl methyl sites for hydroxylation is 1. The van der Waals surface area contributed by atoms with Crippen molar-refractivity contribution in [2.24, 2.45) is 0 Å². The van der Waals surface area contributed by atoms with Crippen LogP contribution in [0.5, 0.6) is 11.5 Å². The van der Waals surface area contributed by atoms with E-state index in [1.807, 2.05) is 56.3 Å². The summed E-state index contributed by atoms with van der Waals surface area (Å²) < 4.78 is 12.3. The molecule has 0 aliphatic carbocycles. The van der Waals surface area contributed by atoms with Crippen molar-refractivity contribution in [1.29, 1.82) is 0 Å². The van der Waals surface area contributed by atoms with Gasteiger partial charge in [-0.1, -0.05) is 35.5 Å². The molecule has 2 aromatic carbocycles. The summed E-state index contributed by atoms with van der Waals surface area (Å²) in [5, 5.41) is 12.4. The Hall–Kier alpha value is -3.07. The molecule has 30 heavy (non-hydrogen) atoms. The van der Waals surface area contributed by atoms with Crippen LogP contribution in [0.4, 0.5) is 0 Å². The van der Waals surface area contributed by atoms with Crippen LogP contribution in [0, 0.1) is 6.92 Å². The number of carbonyl (C=O) groups excluding carboxylic acids is 1. The lowest BCUT2D eigenvalue weighted by Crippen LogP contribution is -2.31. The van der Waals surface area contributed by atoms with Gasteiger partial charge in [-0.05, 0) is 54.1 Å². The van der Waals surface area contributed by atoms with Gasteiger partial charge in [-0.3, -0.25) is 4.79 Å². The van der Waals surface area contributed by atoms with Gasteiger partial charge in [-0.15, -0.1) is 5.10 Å². The molecule has 9 heteroatoms. The highest BCUT2D eigenvalue weighted by atomic mass is 32.2. The lowest BCUT2D eigenvalue weighted by atomic mass is 10.2. The monoisotopic (exact) mass is 427 g/mol. The Balaban J connectivity index is 1.65. The fourth-order valence-electron chi connectivity index (χ4n) is 2.91. The highest BCUT2D eigenvalue weighted by molar-refractivity contribution is 7.99. The minimum Gasteiger partial charge on any atom is -0.493 e. The molecule has 0 aliphatic rings. The minimum atomic E-state index is 0.00995. The number of methoxy groups -OCH3 is 2. The summed E-state index contributed by atoms with van der Waals surface area (Å²) in [6.07, 6.45) is 0. The van der Waals surface area contributed by atoms with Gasteiger partial charge in [0, 0.05) is 13.1 Å². The second-order valence-corrected chi connectivity index (χ2v) is 7.54. The molecule has 0 atom stereocenters. The van der Waals surface area contributed by atoms with Crippen LogP contribution in [-0.4, -0.2) is 57.5 Å². The number of tetrazole rings is 1.